The predicted molar refractivity (Wildman–Crippen MR) is 126 cm³/mol. The van der Waals surface area contributed by atoms with Gasteiger partial charge in [0.05, 0.1) is 24.5 Å². The quantitative estimate of drug-likeness (QED) is 0.307. The highest BCUT2D eigenvalue weighted by atomic mass is 16.5. The molecule has 158 valence electrons. The maximum absolute atomic E-state index is 5.67. The van der Waals surface area contributed by atoms with Crippen molar-refractivity contribution in [3.05, 3.63) is 83.7 Å². The highest BCUT2D eigenvalue weighted by Crippen LogP contribution is 2.23. The van der Waals surface area contributed by atoms with E-state index in [-0.39, 0.29) is 0 Å². The molecule has 0 amide bonds. The minimum Gasteiger partial charge on any atom is -0.490 e. The average molecular weight is 412 g/mol. The molecule has 0 saturated heterocycles. The molecule has 31 heavy (non-hydrogen) atoms. The van der Waals surface area contributed by atoms with Gasteiger partial charge in [0.2, 0.25) is 0 Å². The Morgan fingerprint density at radius 1 is 0.839 bits per heavy atom. The molecular formula is C27H29N3O. The Bertz CT molecular complexity index is 1140. The maximum Gasteiger partial charge on any atom is 0.178 e. The zero-order valence-electron chi connectivity index (χ0n) is 18.3. The van der Waals surface area contributed by atoms with Crippen LogP contribution in [0.2, 0.25) is 0 Å². The molecule has 2 aromatic heterocycles. The second kappa shape index (κ2) is 10.2. The third kappa shape index (κ3) is 5.26. The predicted octanol–water partition coefficient (Wildman–Crippen LogP) is 6.22. The van der Waals surface area contributed by atoms with Crippen LogP contribution in [0.25, 0.3) is 22.4 Å². The zero-order valence-corrected chi connectivity index (χ0v) is 18.3. The zero-order chi connectivity index (χ0) is 21.5. The molecule has 0 aliphatic rings. The average Bonchev–Trinajstić information content (AvgIpc) is 2.83. The highest BCUT2D eigenvalue weighted by Gasteiger charge is 2.09. The Balaban J connectivity index is 1.55. The van der Waals surface area contributed by atoms with Gasteiger partial charge < -0.3 is 4.74 Å². The number of aromatic nitrogens is 3. The molecule has 2 aromatic carbocycles. The first-order valence-corrected chi connectivity index (χ1v) is 11.2. The molecule has 4 nitrogen and oxygen atoms in total. The second-order valence-electron chi connectivity index (χ2n) is 7.80. The monoisotopic (exact) mass is 411 g/mol. The molecule has 0 spiro atoms. The van der Waals surface area contributed by atoms with E-state index in [0.29, 0.717) is 18.2 Å². The van der Waals surface area contributed by atoms with Crippen LogP contribution in [0.15, 0.2) is 67.0 Å². The molecule has 4 rings (SSSR count). The van der Waals surface area contributed by atoms with Gasteiger partial charge in [0.25, 0.3) is 0 Å². The Kier molecular flexibility index (Phi) is 6.88. The lowest BCUT2D eigenvalue weighted by Crippen LogP contribution is -1.99. The van der Waals surface area contributed by atoms with Crippen LogP contribution < -0.4 is 4.74 Å². The van der Waals surface area contributed by atoms with Crippen molar-refractivity contribution in [2.45, 2.75) is 46.0 Å². The molecule has 0 aliphatic carbocycles. The fraction of sp³-hybridized carbons (Fsp3) is 0.296. The minimum absolute atomic E-state index is 0.621. The van der Waals surface area contributed by atoms with E-state index in [4.69, 9.17) is 9.72 Å². The maximum atomic E-state index is 5.67. The number of ether oxygens (including phenoxy) is 1. The smallest absolute Gasteiger partial charge is 0.178 e. The van der Waals surface area contributed by atoms with Gasteiger partial charge in [-0.05, 0) is 48.4 Å². The van der Waals surface area contributed by atoms with Crippen molar-refractivity contribution < 1.29 is 4.74 Å². The van der Waals surface area contributed by atoms with E-state index in [1.165, 1.54) is 16.7 Å². The summed E-state index contributed by atoms with van der Waals surface area (Å²) in [6.45, 7) is 5.03. The minimum atomic E-state index is 0.621. The molecule has 2 heterocycles. The lowest BCUT2D eigenvalue weighted by molar-refractivity contribution is 0.307. The molecule has 4 heteroatoms. The molecule has 0 fully saturated rings. The third-order valence-electron chi connectivity index (χ3n) is 5.51. The van der Waals surface area contributed by atoms with Crippen LogP contribution in [0.1, 0.15) is 43.4 Å². The van der Waals surface area contributed by atoms with Crippen molar-refractivity contribution in [1.82, 2.24) is 15.0 Å². The van der Waals surface area contributed by atoms with Gasteiger partial charge in [0.15, 0.2) is 11.6 Å². The SMILES string of the molecule is CCCCOc1cnc(-c2ccc3cccc(CCc4cccc(CC)c4)c3n2)nc1. The largest absolute Gasteiger partial charge is 0.490 e. The number of unbranched alkanes of at least 4 members (excludes halogenated alkanes) is 1. The topological polar surface area (TPSA) is 47.9 Å². The summed E-state index contributed by atoms with van der Waals surface area (Å²) in [6, 6.07) is 19.4. The van der Waals surface area contributed by atoms with Crippen LogP contribution >= 0.6 is 0 Å². The lowest BCUT2D eigenvalue weighted by Gasteiger charge is -2.09. The number of nitrogens with zero attached hydrogens (tertiary/aromatic N) is 3. The van der Waals surface area contributed by atoms with Crippen molar-refractivity contribution in [3.63, 3.8) is 0 Å². The Labute approximate surface area is 184 Å². The molecule has 0 atom stereocenters. The van der Waals surface area contributed by atoms with Crippen LogP contribution in [-0.4, -0.2) is 21.6 Å². The van der Waals surface area contributed by atoms with E-state index in [2.05, 4.69) is 72.3 Å². The number of hydrogen-bond donors (Lipinski definition) is 0. The van der Waals surface area contributed by atoms with Gasteiger partial charge in [0, 0.05) is 5.39 Å². The molecule has 4 aromatic rings. The summed E-state index contributed by atoms with van der Waals surface area (Å²) in [7, 11) is 0. The molecule has 0 aliphatic heterocycles. The Hall–Kier alpha value is -3.27. The van der Waals surface area contributed by atoms with Crippen LogP contribution in [0.5, 0.6) is 5.75 Å². The number of para-hydroxylation sites is 1. The number of hydrogen-bond acceptors (Lipinski definition) is 4. The van der Waals surface area contributed by atoms with Gasteiger partial charge in [-0.1, -0.05) is 68.8 Å². The van der Waals surface area contributed by atoms with E-state index in [1.54, 1.807) is 12.4 Å². The van der Waals surface area contributed by atoms with Gasteiger partial charge in [-0.25, -0.2) is 15.0 Å². The summed E-state index contributed by atoms with van der Waals surface area (Å²) in [5.41, 5.74) is 5.82. The van der Waals surface area contributed by atoms with E-state index in [9.17, 15) is 0 Å². The van der Waals surface area contributed by atoms with Crippen LogP contribution in [0, 0.1) is 0 Å². The summed E-state index contributed by atoms with van der Waals surface area (Å²) in [4.78, 5) is 13.9. The van der Waals surface area contributed by atoms with Crippen molar-refractivity contribution in [1.29, 1.82) is 0 Å². The number of rotatable bonds is 9. The van der Waals surface area contributed by atoms with E-state index < -0.39 is 0 Å². The van der Waals surface area contributed by atoms with Crippen LogP contribution in [0.3, 0.4) is 0 Å². The summed E-state index contributed by atoms with van der Waals surface area (Å²) in [5.74, 6) is 1.32. The summed E-state index contributed by atoms with van der Waals surface area (Å²) in [5, 5.41) is 1.14. The lowest BCUT2D eigenvalue weighted by atomic mass is 10.00. The van der Waals surface area contributed by atoms with Crippen LogP contribution in [0.4, 0.5) is 0 Å². The van der Waals surface area contributed by atoms with Gasteiger partial charge >= 0.3 is 0 Å². The standard InChI is InChI=1S/C27H29N3O/c1-3-5-16-31-24-18-28-27(29-19-24)25-15-14-23-11-7-10-22(26(23)30-25)13-12-21-9-6-8-20(4-2)17-21/h6-11,14-15,17-19H,3-5,12-13,16H2,1-2H3. The highest BCUT2D eigenvalue weighted by molar-refractivity contribution is 5.83. The number of fused-ring (bicyclic) bond motifs is 1. The summed E-state index contributed by atoms with van der Waals surface area (Å²) in [6.07, 6.45) is 8.61. The Morgan fingerprint density at radius 3 is 2.45 bits per heavy atom. The van der Waals surface area contributed by atoms with E-state index in [1.807, 2.05) is 6.07 Å². The van der Waals surface area contributed by atoms with Gasteiger partial charge in [-0.2, -0.15) is 0 Å². The van der Waals surface area contributed by atoms with Gasteiger partial charge in [0.1, 0.15) is 5.69 Å². The molecule has 0 N–H and O–H groups in total. The van der Waals surface area contributed by atoms with Gasteiger partial charge in [-0.3, -0.25) is 0 Å². The van der Waals surface area contributed by atoms with Crippen molar-refractivity contribution in [3.8, 4) is 17.3 Å². The molecule has 0 radical (unpaired) electrons. The molecule has 0 bridgehead atoms. The number of benzene rings is 2. The van der Waals surface area contributed by atoms with Crippen molar-refractivity contribution in [2.24, 2.45) is 0 Å². The first-order valence-electron chi connectivity index (χ1n) is 11.2. The van der Waals surface area contributed by atoms with E-state index >= 15 is 0 Å². The Morgan fingerprint density at radius 2 is 1.65 bits per heavy atom. The fourth-order valence-electron chi connectivity index (χ4n) is 3.68. The number of aryl methyl sites for hydroxylation is 3. The second-order valence-corrected chi connectivity index (χ2v) is 7.80. The summed E-state index contributed by atoms with van der Waals surface area (Å²) < 4.78 is 5.67. The van der Waals surface area contributed by atoms with Gasteiger partial charge in [-0.15, -0.1) is 0 Å². The first kappa shape index (κ1) is 21.0. The normalized spacial score (nSPS) is 11.0. The van der Waals surface area contributed by atoms with E-state index in [0.717, 1.165) is 48.7 Å². The molecule has 0 saturated carbocycles. The van der Waals surface area contributed by atoms with Crippen LogP contribution in [-0.2, 0) is 19.3 Å². The van der Waals surface area contributed by atoms with Crippen molar-refractivity contribution >= 4 is 10.9 Å². The fourth-order valence-corrected chi connectivity index (χ4v) is 3.68. The first-order chi connectivity index (χ1) is 15.3. The molecule has 0 unspecified atom stereocenters. The number of pyridine rings is 1. The molecular weight excluding hydrogens is 382 g/mol. The summed E-state index contributed by atoms with van der Waals surface area (Å²) >= 11 is 0. The van der Waals surface area contributed by atoms with Crippen molar-refractivity contribution in [2.75, 3.05) is 6.61 Å². The third-order valence-corrected chi connectivity index (χ3v) is 5.51.